The highest BCUT2D eigenvalue weighted by Crippen LogP contribution is 2.27. The second-order valence-corrected chi connectivity index (χ2v) is 3.87. The number of nitrogens with two attached hydrogens (primary N) is 1. The Morgan fingerprint density at radius 3 is 2.88 bits per heavy atom. The molecular formula is C13H11N3. The van der Waals surface area contributed by atoms with Crippen molar-refractivity contribution in [2.45, 2.75) is 6.92 Å². The van der Waals surface area contributed by atoms with E-state index in [1.54, 1.807) is 6.20 Å². The van der Waals surface area contributed by atoms with Gasteiger partial charge in [0.05, 0.1) is 11.0 Å². The van der Waals surface area contributed by atoms with Crippen LogP contribution in [0.1, 0.15) is 5.56 Å². The molecule has 0 aliphatic carbocycles. The van der Waals surface area contributed by atoms with Gasteiger partial charge in [0.1, 0.15) is 5.82 Å². The van der Waals surface area contributed by atoms with E-state index in [1.165, 1.54) is 5.56 Å². The average Bonchev–Trinajstić information content (AvgIpc) is 2.29. The highest BCUT2D eigenvalue weighted by Gasteiger charge is 2.07. The zero-order valence-corrected chi connectivity index (χ0v) is 8.94. The Labute approximate surface area is 92.9 Å². The number of nitrogens with zero attached hydrogens (tertiary/aromatic N) is 2. The Bertz CT molecular complexity index is 689. The smallest absolute Gasteiger partial charge is 0.133 e. The van der Waals surface area contributed by atoms with Gasteiger partial charge in [-0.2, -0.15) is 0 Å². The summed E-state index contributed by atoms with van der Waals surface area (Å²) in [5.41, 5.74) is 8.94. The maximum Gasteiger partial charge on any atom is 0.133 e. The van der Waals surface area contributed by atoms with Crippen molar-refractivity contribution in [1.29, 1.82) is 0 Å². The first kappa shape index (κ1) is 9.09. The van der Waals surface area contributed by atoms with Gasteiger partial charge in [-0.3, -0.25) is 4.98 Å². The van der Waals surface area contributed by atoms with Gasteiger partial charge in [0, 0.05) is 17.0 Å². The maximum atomic E-state index is 5.92. The van der Waals surface area contributed by atoms with Gasteiger partial charge in [-0.1, -0.05) is 12.1 Å². The van der Waals surface area contributed by atoms with Crippen LogP contribution in [0, 0.1) is 6.92 Å². The van der Waals surface area contributed by atoms with E-state index in [1.807, 2.05) is 24.3 Å². The van der Waals surface area contributed by atoms with Gasteiger partial charge in [0.2, 0.25) is 0 Å². The molecule has 0 bridgehead atoms. The molecule has 0 aliphatic rings. The predicted octanol–water partition coefficient (Wildman–Crippen LogP) is 2.67. The summed E-state index contributed by atoms with van der Waals surface area (Å²) in [4.78, 5) is 8.81. The summed E-state index contributed by atoms with van der Waals surface area (Å²) >= 11 is 0. The van der Waals surface area contributed by atoms with Crippen molar-refractivity contribution in [2.24, 2.45) is 0 Å². The van der Waals surface area contributed by atoms with Crippen molar-refractivity contribution in [2.75, 3.05) is 5.73 Å². The summed E-state index contributed by atoms with van der Waals surface area (Å²) in [5.74, 6) is 0.543. The number of pyridine rings is 2. The molecular weight excluding hydrogens is 198 g/mol. The zero-order valence-electron chi connectivity index (χ0n) is 8.94. The standard InChI is InChI=1S/C13H11N3/c1-8-4-2-6-10-11(8)12-9(13(14)16-10)5-3-7-15-12/h2-7H,1H3,(H2,14,16). The van der Waals surface area contributed by atoms with E-state index in [-0.39, 0.29) is 0 Å². The summed E-state index contributed by atoms with van der Waals surface area (Å²) in [6.07, 6.45) is 1.79. The van der Waals surface area contributed by atoms with E-state index in [4.69, 9.17) is 5.73 Å². The molecule has 0 fully saturated rings. The first-order valence-electron chi connectivity index (χ1n) is 5.17. The van der Waals surface area contributed by atoms with Crippen LogP contribution in [-0.4, -0.2) is 9.97 Å². The van der Waals surface area contributed by atoms with Crippen molar-refractivity contribution < 1.29 is 0 Å². The van der Waals surface area contributed by atoms with Gasteiger partial charge < -0.3 is 5.73 Å². The van der Waals surface area contributed by atoms with E-state index in [0.717, 1.165) is 21.8 Å². The first-order chi connectivity index (χ1) is 7.77. The lowest BCUT2D eigenvalue weighted by Crippen LogP contribution is -1.95. The number of hydrogen-bond donors (Lipinski definition) is 1. The largest absolute Gasteiger partial charge is 0.383 e. The Hall–Kier alpha value is -2.16. The van der Waals surface area contributed by atoms with E-state index in [0.29, 0.717) is 5.82 Å². The fourth-order valence-corrected chi connectivity index (χ4v) is 2.05. The monoisotopic (exact) mass is 209 g/mol. The summed E-state index contributed by atoms with van der Waals surface area (Å²) < 4.78 is 0. The zero-order chi connectivity index (χ0) is 11.1. The Balaban J connectivity index is 2.67. The van der Waals surface area contributed by atoms with E-state index in [9.17, 15) is 0 Å². The van der Waals surface area contributed by atoms with Crippen LogP contribution >= 0.6 is 0 Å². The van der Waals surface area contributed by atoms with Crippen molar-refractivity contribution in [1.82, 2.24) is 9.97 Å². The number of nitrogen functional groups attached to an aromatic ring is 1. The van der Waals surface area contributed by atoms with Crippen LogP contribution in [0.3, 0.4) is 0 Å². The van der Waals surface area contributed by atoms with Crippen LogP contribution in [0.25, 0.3) is 21.8 Å². The minimum atomic E-state index is 0.543. The topological polar surface area (TPSA) is 51.8 Å². The van der Waals surface area contributed by atoms with Crippen LogP contribution in [0.5, 0.6) is 0 Å². The summed E-state index contributed by atoms with van der Waals surface area (Å²) in [7, 11) is 0. The molecule has 1 aromatic carbocycles. The fourth-order valence-electron chi connectivity index (χ4n) is 2.05. The lowest BCUT2D eigenvalue weighted by Gasteiger charge is -2.07. The molecule has 2 aromatic heterocycles. The normalized spacial score (nSPS) is 11.1. The van der Waals surface area contributed by atoms with Crippen molar-refractivity contribution in [3.63, 3.8) is 0 Å². The molecule has 2 heterocycles. The fraction of sp³-hybridized carbons (Fsp3) is 0.0769. The van der Waals surface area contributed by atoms with Crippen LogP contribution in [-0.2, 0) is 0 Å². The van der Waals surface area contributed by atoms with Gasteiger partial charge in [0.25, 0.3) is 0 Å². The molecule has 3 nitrogen and oxygen atoms in total. The Morgan fingerprint density at radius 2 is 2.00 bits per heavy atom. The molecule has 2 N–H and O–H groups in total. The number of aryl methyl sites for hydroxylation is 1. The lowest BCUT2D eigenvalue weighted by molar-refractivity contribution is 1.37. The summed E-state index contributed by atoms with van der Waals surface area (Å²) in [6.45, 7) is 2.06. The number of aromatic nitrogens is 2. The second-order valence-electron chi connectivity index (χ2n) is 3.87. The molecule has 0 radical (unpaired) electrons. The van der Waals surface area contributed by atoms with Crippen molar-refractivity contribution >= 4 is 27.6 Å². The van der Waals surface area contributed by atoms with Crippen molar-refractivity contribution in [3.8, 4) is 0 Å². The van der Waals surface area contributed by atoms with Gasteiger partial charge in [-0.15, -0.1) is 0 Å². The minimum Gasteiger partial charge on any atom is -0.383 e. The van der Waals surface area contributed by atoms with Gasteiger partial charge in [-0.05, 0) is 30.7 Å². The molecule has 3 heteroatoms. The van der Waals surface area contributed by atoms with Crippen LogP contribution in [0.2, 0.25) is 0 Å². The number of anilines is 1. The number of fused-ring (bicyclic) bond motifs is 3. The van der Waals surface area contributed by atoms with Gasteiger partial charge >= 0.3 is 0 Å². The number of benzene rings is 1. The predicted molar refractivity (Wildman–Crippen MR) is 66.2 cm³/mol. The third-order valence-electron chi connectivity index (χ3n) is 2.81. The molecule has 0 aliphatic heterocycles. The molecule has 0 amide bonds. The molecule has 0 saturated carbocycles. The van der Waals surface area contributed by atoms with Crippen molar-refractivity contribution in [3.05, 3.63) is 42.1 Å². The van der Waals surface area contributed by atoms with Crippen LogP contribution < -0.4 is 5.73 Å². The van der Waals surface area contributed by atoms with Gasteiger partial charge in [0.15, 0.2) is 0 Å². The third-order valence-corrected chi connectivity index (χ3v) is 2.81. The number of hydrogen-bond acceptors (Lipinski definition) is 3. The SMILES string of the molecule is Cc1cccc2nc(N)c3cccnc3c12. The minimum absolute atomic E-state index is 0.543. The molecule has 0 spiro atoms. The Kier molecular flexibility index (Phi) is 1.80. The second kappa shape index (κ2) is 3.17. The molecule has 3 aromatic rings. The maximum absolute atomic E-state index is 5.92. The third kappa shape index (κ3) is 1.15. The number of rotatable bonds is 0. The van der Waals surface area contributed by atoms with Gasteiger partial charge in [-0.25, -0.2) is 4.98 Å². The van der Waals surface area contributed by atoms with Crippen LogP contribution in [0.15, 0.2) is 36.5 Å². The highest BCUT2D eigenvalue weighted by atomic mass is 14.8. The lowest BCUT2D eigenvalue weighted by atomic mass is 10.1. The summed E-state index contributed by atoms with van der Waals surface area (Å²) in [6, 6.07) is 9.85. The van der Waals surface area contributed by atoms with E-state index < -0.39 is 0 Å². The van der Waals surface area contributed by atoms with E-state index >= 15 is 0 Å². The molecule has 0 atom stereocenters. The Morgan fingerprint density at radius 1 is 1.12 bits per heavy atom. The molecule has 0 saturated heterocycles. The average molecular weight is 209 g/mol. The first-order valence-corrected chi connectivity index (χ1v) is 5.17. The van der Waals surface area contributed by atoms with E-state index in [2.05, 4.69) is 23.0 Å². The molecule has 0 unspecified atom stereocenters. The quantitative estimate of drug-likeness (QED) is 0.579. The molecule has 3 rings (SSSR count). The summed E-state index contributed by atoms with van der Waals surface area (Å²) in [5, 5.41) is 2.01. The highest BCUT2D eigenvalue weighted by molar-refractivity contribution is 6.08. The van der Waals surface area contributed by atoms with Crippen LogP contribution in [0.4, 0.5) is 5.82 Å². The molecule has 16 heavy (non-hydrogen) atoms. The molecule has 78 valence electrons.